The third-order valence-corrected chi connectivity index (χ3v) is 4.77. The lowest BCUT2D eigenvalue weighted by Crippen LogP contribution is -2.52. The van der Waals surface area contributed by atoms with Gasteiger partial charge in [-0.1, -0.05) is 35.9 Å². The van der Waals surface area contributed by atoms with Crippen LogP contribution in [0, 0.1) is 13.8 Å². The van der Waals surface area contributed by atoms with Gasteiger partial charge in [0.05, 0.1) is 0 Å². The summed E-state index contributed by atoms with van der Waals surface area (Å²) in [5.41, 5.74) is 3.42. The lowest BCUT2D eigenvalue weighted by Gasteiger charge is -2.35. The molecule has 0 aromatic heterocycles. The van der Waals surface area contributed by atoms with Crippen LogP contribution in [-0.2, 0) is 4.79 Å². The fourth-order valence-electron chi connectivity index (χ4n) is 2.93. The van der Waals surface area contributed by atoms with Crippen LogP contribution in [-0.4, -0.2) is 29.8 Å². The molecule has 1 aliphatic heterocycles. The summed E-state index contributed by atoms with van der Waals surface area (Å²) in [6.45, 7) is 4.87. The predicted octanol–water partition coefficient (Wildman–Crippen LogP) is 3.27. The molecular weight excluding hydrogens is 324 g/mol. The molecule has 5 heteroatoms. The van der Waals surface area contributed by atoms with E-state index in [1.165, 1.54) is 0 Å². The van der Waals surface area contributed by atoms with Crippen molar-refractivity contribution in [1.29, 1.82) is 0 Å². The van der Waals surface area contributed by atoms with Crippen molar-refractivity contribution in [1.82, 2.24) is 10.2 Å². The van der Waals surface area contributed by atoms with Gasteiger partial charge in [-0.25, -0.2) is 0 Å². The molecule has 0 saturated carbocycles. The number of carbonyl (C=O) groups excluding carboxylic acids is 2. The Hall–Kier alpha value is -2.33. The zero-order valence-electron chi connectivity index (χ0n) is 13.7. The first-order chi connectivity index (χ1) is 11.5. The highest BCUT2D eigenvalue weighted by Gasteiger charge is 2.35. The number of amides is 2. The van der Waals surface area contributed by atoms with Gasteiger partial charge in [-0.15, -0.1) is 0 Å². The second-order valence-corrected chi connectivity index (χ2v) is 6.42. The van der Waals surface area contributed by atoms with Gasteiger partial charge in [0.2, 0.25) is 5.91 Å². The molecule has 3 rings (SSSR count). The molecule has 1 atom stereocenters. The average Bonchev–Trinajstić information content (AvgIpc) is 2.57. The maximum absolute atomic E-state index is 13.0. The van der Waals surface area contributed by atoms with Crippen molar-refractivity contribution in [2.24, 2.45) is 0 Å². The van der Waals surface area contributed by atoms with Crippen LogP contribution in [0.15, 0.2) is 42.5 Å². The summed E-state index contributed by atoms with van der Waals surface area (Å²) in [4.78, 5) is 27.1. The van der Waals surface area contributed by atoms with Crippen molar-refractivity contribution in [3.63, 3.8) is 0 Å². The number of piperazine rings is 1. The Kier molecular flexibility index (Phi) is 4.58. The summed E-state index contributed by atoms with van der Waals surface area (Å²) < 4.78 is 0. The van der Waals surface area contributed by atoms with Crippen LogP contribution in [0.2, 0.25) is 5.02 Å². The minimum absolute atomic E-state index is 0.155. The van der Waals surface area contributed by atoms with Gasteiger partial charge in [0.15, 0.2) is 0 Å². The van der Waals surface area contributed by atoms with E-state index < -0.39 is 6.04 Å². The predicted molar refractivity (Wildman–Crippen MR) is 94.2 cm³/mol. The molecule has 2 aromatic carbocycles. The molecule has 0 radical (unpaired) electrons. The van der Waals surface area contributed by atoms with E-state index >= 15 is 0 Å². The van der Waals surface area contributed by atoms with Gasteiger partial charge in [-0.3, -0.25) is 9.59 Å². The number of nitrogens with zero attached hydrogens (tertiary/aromatic N) is 1. The van der Waals surface area contributed by atoms with Crippen molar-refractivity contribution >= 4 is 23.4 Å². The molecular formula is C19H19ClN2O2. The van der Waals surface area contributed by atoms with Crippen LogP contribution in [0.25, 0.3) is 0 Å². The molecule has 124 valence electrons. The van der Waals surface area contributed by atoms with E-state index in [-0.39, 0.29) is 11.8 Å². The van der Waals surface area contributed by atoms with Gasteiger partial charge >= 0.3 is 0 Å². The number of hydrogen-bond acceptors (Lipinski definition) is 2. The van der Waals surface area contributed by atoms with Crippen LogP contribution in [0.5, 0.6) is 0 Å². The van der Waals surface area contributed by atoms with Gasteiger partial charge in [0.25, 0.3) is 5.91 Å². The van der Waals surface area contributed by atoms with Gasteiger partial charge in [-0.2, -0.15) is 0 Å². The second kappa shape index (κ2) is 6.65. The lowest BCUT2D eigenvalue weighted by atomic mass is 10.00. The van der Waals surface area contributed by atoms with Crippen LogP contribution in [0.3, 0.4) is 0 Å². The quantitative estimate of drug-likeness (QED) is 0.910. The SMILES string of the molecule is Cc1ccc(C(=O)N2CCNC(=O)C2c2ccccc2Cl)cc1C. The van der Waals surface area contributed by atoms with Crippen molar-refractivity contribution in [3.8, 4) is 0 Å². The van der Waals surface area contributed by atoms with Gasteiger partial charge in [0.1, 0.15) is 6.04 Å². The van der Waals surface area contributed by atoms with E-state index in [0.29, 0.717) is 29.2 Å². The summed E-state index contributed by atoms with van der Waals surface area (Å²) in [6.07, 6.45) is 0. The third kappa shape index (κ3) is 3.02. The average molecular weight is 343 g/mol. The molecule has 4 nitrogen and oxygen atoms in total. The van der Waals surface area contributed by atoms with Crippen molar-refractivity contribution in [3.05, 3.63) is 69.7 Å². The second-order valence-electron chi connectivity index (χ2n) is 6.01. The zero-order chi connectivity index (χ0) is 17.3. The van der Waals surface area contributed by atoms with Gasteiger partial charge in [-0.05, 0) is 43.2 Å². The highest BCUT2D eigenvalue weighted by atomic mass is 35.5. The zero-order valence-corrected chi connectivity index (χ0v) is 14.4. The van der Waals surface area contributed by atoms with Crippen LogP contribution in [0.1, 0.15) is 33.1 Å². The monoisotopic (exact) mass is 342 g/mol. The molecule has 0 aliphatic carbocycles. The van der Waals surface area contributed by atoms with Gasteiger partial charge < -0.3 is 10.2 Å². The third-order valence-electron chi connectivity index (χ3n) is 4.43. The highest BCUT2D eigenvalue weighted by Crippen LogP contribution is 2.30. The van der Waals surface area contributed by atoms with E-state index in [0.717, 1.165) is 11.1 Å². The number of carbonyl (C=O) groups is 2. The Morgan fingerprint density at radius 3 is 2.62 bits per heavy atom. The van der Waals surface area contributed by atoms with E-state index in [2.05, 4.69) is 5.32 Å². The summed E-state index contributed by atoms with van der Waals surface area (Å²) in [6, 6.07) is 12.0. The summed E-state index contributed by atoms with van der Waals surface area (Å²) in [5.74, 6) is -0.357. The summed E-state index contributed by atoms with van der Waals surface area (Å²) in [5, 5.41) is 3.31. The van der Waals surface area contributed by atoms with Crippen LogP contribution in [0.4, 0.5) is 0 Å². The fraction of sp³-hybridized carbons (Fsp3) is 0.263. The topological polar surface area (TPSA) is 49.4 Å². The Bertz CT molecular complexity index is 804. The minimum atomic E-state index is -0.707. The summed E-state index contributed by atoms with van der Waals surface area (Å²) >= 11 is 6.27. The first-order valence-corrected chi connectivity index (χ1v) is 8.27. The van der Waals surface area contributed by atoms with E-state index in [9.17, 15) is 9.59 Å². The Morgan fingerprint density at radius 2 is 1.92 bits per heavy atom. The highest BCUT2D eigenvalue weighted by molar-refractivity contribution is 6.31. The number of rotatable bonds is 2. The first-order valence-electron chi connectivity index (χ1n) is 7.89. The van der Waals surface area contributed by atoms with E-state index in [4.69, 9.17) is 11.6 Å². The maximum Gasteiger partial charge on any atom is 0.254 e. The molecule has 0 bridgehead atoms. The van der Waals surface area contributed by atoms with E-state index in [1.807, 2.05) is 38.1 Å². The molecule has 1 aliphatic rings. The minimum Gasteiger partial charge on any atom is -0.352 e. The smallest absolute Gasteiger partial charge is 0.254 e. The molecule has 1 unspecified atom stereocenters. The number of aryl methyl sites for hydroxylation is 2. The van der Waals surface area contributed by atoms with E-state index in [1.54, 1.807) is 23.1 Å². The Morgan fingerprint density at radius 1 is 1.17 bits per heavy atom. The van der Waals surface area contributed by atoms with Crippen molar-refractivity contribution in [2.45, 2.75) is 19.9 Å². The molecule has 2 aromatic rings. The largest absolute Gasteiger partial charge is 0.352 e. The molecule has 1 saturated heterocycles. The summed E-state index contributed by atoms with van der Waals surface area (Å²) in [7, 11) is 0. The fourth-order valence-corrected chi connectivity index (χ4v) is 3.17. The normalized spacial score (nSPS) is 17.5. The molecule has 1 fully saturated rings. The Balaban J connectivity index is 2.00. The molecule has 24 heavy (non-hydrogen) atoms. The number of benzene rings is 2. The maximum atomic E-state index is 13.0. The van der Waals surface area contributed by atoms with Crippen LogP contribution >= 0.6 is 11.6 Å². The molecule has 1 N–H and O–H groups in total. The molecule has 0 spiro atoms. The first kappa shape index (κ1) is 16.5. The number of halogens is 1. The lowest BCUT2D eigenvalue weighted by molar-refractivity contribution is -0.128. The van der Waals surface area contributed by atoms with Crippen molar-refractivity contribution in [2.75, 3.05) is 13.1 Å². The van der Waals surface area contributed by atoms with Crippen LogP contribution < -0.4 is 5.32 Å². The Labute approximate surface area is 146 Å². The molecule has 2 amide bonds. The molecule has 1 heterocycles. The standard InChI is InChI=1S/C19H19ClN2O2/c1-12-7-8-14(11-13(12)2)19(24)22-10-9-21-18(23)17(22)15-5-3-4-6-16(15)20/h3-8,11,17H,9-10H2,1-2H3,(H,21,23). The van der Waals surface area contributed by atoms with Gasteiger partial charge in [0, 0.05) is 29.2 Å². The number of nitrogens with one attached hydrogen (secondary N) is 1. The van der Waals surface area contributed by atoms with Crippen molar-refractivity contribution < 1.29 is 9.59 Å². The number of hydrogen-bond donors (Lipinski definition) is 1.